The van der Waals surface area contributed by atoms with E-state index in [1.54, 1.807) is 12.1 Å². The third-order valence-corrected chi connectivity index (χ3v) is 4.11. The smallest absolute Gasteiger partial charge is 0.123 e. The SMILES string of the molecule is CNC(CC1CCCCC1)c1cc(C)cc(F)c1. The Morgan fingerprint density at radius 1 is 1.22 bits per heavy atom. The Morgan fingerprint density at radius 2 is 1.94 bits per heavy atom. The van der Waals surface area contributed by atoms with E-state index in [2.05, 4.69) is 11.4 Å². The molecule has 0 amide bonds. The van der Waals surface area contributed by atoms with Gasteiger partial charge in [-0.3, -0.25) is 0 Å². The van der Waals surface area contributed by atoms with Crippen LogP contribution in [0.15, 0.2) is 18.2 Å². The summed E-state index contributed by atoms with van der Waals surface area (Å²) in [7, 11) is 1.98. The molecule has 1 unspecified atom stereocenters. The number of rotatable bonds is 4. The second-order valence-corrected chi connectivity index (χ2v) is 5.64. The Morgan fingerprint density at radius 3 is 2.56 bits per heavy atom. The molecule has 0 aliphatic heterocycles. The van der Waals surface area contributed by atoms with Crippen molar-refractivity contribution < 1.29 is 4.39 Å². The molecule has 1 fully saturated rings. The predicted molar refractivity (Wildman–Crippen MR) is 74.1 cm³/mol. The van der Waals surface area contributed by atoms with E-state index in [1.807, 2.05) is 14.0 Å². The normalized spacial score (nSPS) is 18.8. The predicted octanol–water partition coefficient (Wildman–Crippen LogP) is 4.37. The van der Waals surface area contributed by atoms with Crippen molar-refractivity contribution in [2.75, 3.05) is 7.05 Å². The molecule has 0 saturated heterocycles. The molecule has 2 rings (SSSR count). The minimum absolute atomic E-state index is 0.117. The molecule has 1 nitrogen and oxygen atoms in total. The fraction of sp³-hybridized carbons (Fsp3) is 0.625. The third-order valence-electron chi connectivity index (χ3n) is 4.11. The van der Waals surface area contributed by atoms with Gasteiger partial charge in [0.15, 0.2) is 0 Å². The van der Waals surface area contributed by atoms with E-state index in [0.717, 1.165) is 23.5 Å². The standard InChI is InChI=1S/C16H24FN/c1-12-8-14(11-15(17)9-12)16(18-2)10-13-6-4-3-5-7-13/h8-9,11,13,16,18H,3-7,10H2,1-2H3. The molecular weight excluding hydrogens is 225 g/mol. The van der Waals surface area contributed by atoms with Crippen molar-refractivity contribution >= 4 is 0 Å². The molecule has 1 aromatic carbocycles. The van der Waals surface area contributed by atoms with E-state index in [1.165, 1.54) is 32.1 Å². The monoisotopic (exact) mass is 249 g/mol. The summed E-state index contributed by atoms with van der Waals surface area (Å²) in [5.74, 6) is 0.689. The number of benzene rings is 1. The van der Waals surface area contributed by atoms with Gasteiger partial charge in [0.2, 0.25) is 0 Å². The maximum absolute atomic E-state index is 13.5. The quantitative estimate of drug-likeness (QED) is 0.835. The van der Waals surface area contributed by atoms with Crippen LogP contribution in [0.1, 0.15) is 55.7 Å². The van der Waals surface area contributed by atoms with Crippen LogP contribution < -0.4 is 5.32 Å². The largest absolute Gasteiger partial charge is 0.313 e. The van der Waals surface area contributed by atoms with Crippen molar-refractivity contribution in [2.24, 2.45) is 5.92 Å². The Kier molecular flexibility index (Phi) is 4.76. The van der Waals surface area contributed by atoms with Gasteiger partial charge in [-0.05, 0) is 49.6 Å². The summed E-state index contributed by atoms with van der Waals surface area (Å²) in [6.45, 7) is 1.96. The molecule has 1 N–H and O–H groups in total. The van der Waals surface area contributed by atoms with E-state index in [9.17, 15) is 4.39 Å². The van der Waals surface area contributed by atoms with Crippen LogP contribution in [0.25, 0.3) is 0 Å². The number of hydrogen-bond acceptors (Lipinski definition) is 1. The molecule has 0 bridgehead atoms. The van der Waals surface area contributed by atoms with Gasteiger partial charge < -0.3 is 5.32 Å². The van der Waals surface area contributed by atoms with Crippen molar-refractivity contribution in [1.29, 1.82) is 0 Å². The molecule has 1 aliphatic carbocycles. The van der Waals surface area contributed by atoms with Crippen molar-refractivity contribution in [3.05, 3.63) is 35.1 Å². The number of halogens is 1. The van der Waals surface area contributed by atoms with Crippen LogP contribution in [0.4, 0.5) is 4.39 Å². The summed E-state index contributed by atoms with van der Waals surface area (Å²) >= 11 is 0. The second kappa shape index (κ2) is 6.33. The van der Waals surface area contributed by atoms with Gasteiger partial charge in [-0.2, -0.15) is 0 Å². The Bertz CT molecular complexity index is 362. The Balaban J connectivity index is 2.06. The zero-order valence-corrected chi connectivity index (χ0v) is 11.5. The third kappa shape index (κ3) is 3.55. The zero-order chi connectivity index (χ0) is 13.0. The summed E-state index contributed by atoms with van der Waals surface area (Å²) in [5, 5.41) is 3.35. The first-order chi connectivity index (χ1) is 8.69. The maximum atomic E-state index is 13.5. The fourth-order valence-electron chi connectivity index (χ4n) is 3.14. The molecule has 1 saturated carbocycles. The lowest BCUT2D eigenvalue weighted by molar-refractivity contribution is 0.305. The number of aryl methyl sites for hydroxylation is 1. The van der Waals surface area contributed by atoms with E-state index < -0.39 is 0 Å². The molecule has 18 heavy (non-hydrogen) atoms. The van der Waals surface area contributed by atoms with Crippen LogP contribution >= 0.6 is 0 Å². The molecule has 0 radical (unpaired) electrons. The number of hydrogen-bond donors (Lipinski definition) is 1. The lowest BCUT2D eigenvalue weighted by Crippen LogP contribution is -2.21. The highest BCUT2D eigenvalue weighted by Gasteiger charge is 2.19. The van der Waals surface area contributed by atoms with E-state index in [0.29, 0.717) is 6.04 Å². The van der Waals surface area contributed by atoms with Crippen molar-refractivity contribution in [3.63, 3.8) is 0 Å². The van der Waals surface area contributed by atoms with Crippen LogP contribution in [0, 0.1) is 18.7 Å². The highest BCUT2D eigenvalue weighted by molar-refractivity contribution is 5.26. The first-order valence-corrected chi connectivity index (χ1v) is 7.13. The van der Waals surface area contributed by atoms with Gasteiger partial charge in [-0.25, -0.2) is 4.39 Å². The van der Waals surface area contributed by atoms with Gasteiger partial charge in [0.05, 0.1) is 0 Å². The summed E-state index contributed by atoms with van der Waals surface area (Å²) in [6, 6.07) is 5.67. The fourth-order valence-corrected chi connectivity index (χ4v) is 3.14. The Hall–Kier alpha value is -0.890. The molecule has 0 spiro atoms. The van der Waals surface area contributed by atoms with Gasteiger partial charge in [0.25, 0.3) is 0 Å². The lowest BCUT2D eigenvalue weighted by Gasteiger charge is -2.26. The minimum atomic E-state index is -0.117. The van der Waals surface area contributed by atoms with Crippen LogP contribution in [-0.4, -0.2) is 7.05 Å². The summed E-state index contributed by atoms with van der Waals surface area (Å²) in [5.41, 5.74) is 2.11. The van der Waals surface area contributed by atoms with Crippen molar-refractivity contribution in [2.45, 2.75) is 51.5 Å². The summed E-state index contributed by atoms with van der Waals surface area (Å²) < 4.78 is 13.5. The van der Waals surface area contributed by atoms with Gasteiger partial charge in [0, 0.05) is 6.04 Å². The average molecular weight is 249 g/mol. The minimum Gasteiger partial charge on any atom is -0.313 e. The van der Waals surface area contributed by atoms with Gasteiger partial charge >= 0.3 is 0 Å². The lowest BCUT2D eigenvalue weighted by atomic mass is 9.83. The van der Waals surface area contributed by atoms with Gasteiger partial charge in [0.1, 0.15) is 5.82 Å². The van der Waals surface area contributed by atoms with E-state index >= 15 is 0 Å². The highest BCUT2D eigenvalue weighted by Crippen LogP contribution is 2.32. The molecule has 2 heteroatoms. The first kappa shape index (κ1) is 13.5. The van der Waals surface area contributed by atoms with Crippen LogP contribution in [-0.2, 0) is 0 Å². The van der Waals surface area contributed by atoms with Crippen molar-refractivity contribution in [1.82, 2.24) is 5.32 Å². The molecule has 0 heterocycles. The molecule has 100 valence electrons. The van der Waals surface area contributed by atoms with Crippen LogP contribution in [0.3, 0.4) is 0 Å². The number of nitrogens with one attached hydrogen (secondary N) is 1. The second-order valence-electron chi connectivity index (χ2n) is 5.64. The van der Waals surface area contributed by atoms with Gasteiger partial charge in [-0.1, -0.05) is 38.2 Å². The summed E-state index contributed by atoms with van der Waals surface area (Å²) in [6.07, 6.45) is 7.94. The topological polar surface area (TPSA) is 12.0 Å². The van der Waals surface area contributed by atoms with Crippen LogP contribution in [0.5, 0.6) is 0 Å². The Labute approximate surface area is 110 Å². The zero-order valence-electron chi connectivity index (χ0n) is 11.5. The summed E-state index contributed by atoms with van der Waals surface area (Å²) in [4.78, 5) is 0. The molecule has 1 aliphatic rings. The van der Waals surface area contributed by atoms with Crippen molar-refractivity contribution in [3.8, 4) is 0 Å². The van der Waals surface area contributed by atoms with E-state index in [-0.39, 0.29) is 5.82 Å². The molecule has 0 aromatic heterocycles. The molecule has 1 aromatic rings. The highest BCUT2D eigenvalue weighted by atomic mass is 19.1. The molecular formula is C16H24FN. The van der Waals surface area contributed by atoms with E-state index in [4.69, 9.17) is 0 Å². The van der Waals surface area contributed by atoms with Crippen LogP contribution in [0.2, 0.25) is 0 Å². The average Bonchev–Trinajstić information content (AvgIpc) is 2.36. The molecule has 1 atom stereocenters. The maximum Gasteiger partial charge on any atom is 0.123 e. The first-order valence-electron chi connectivity index (χ1n) is 7.13. The van der Waals surface area contributed by atoms with Gasteiger partial charge in [-0.15, -0.1) is 0 Å².